The number of aryl methyl sites for hydroxylation is 1. The molecule has 1 unspecified atom stereocenters. The molecule has 0 saturated heterocycles. The molecule has 1 rings (SSSR count). The van der Waals surface area contributed by atoms with E-state index in [1.807, 2.05) is 0 Å². The van der Waals surface area contributed by atoms with Gasteiger partial charge in [-0.3, -0.25) is 0 Å². The Morgan fingerprint density at radius 2 is 1.41 bits per heavy atom. The third-order valence-electron chi connectivity index (χ3n) is 4.59. The quantitative estimate of drug-likeness (QED) is 0.150. The first-order valence-electron chi connectivity index (χ1n) is 10.7. The molecule has 3 nitrogen and oxygen atoms in total. The molecule has 0 amide bonds. The van der Waals surface area contributed by atoms with E-state index in [2.05, 4.69) is 67.9 Å². The summed E-state index contributed by atoms with van der Waals surface area (Å²) in [4.78, 5) is 0.363. The second-order valence-electron chi connectivity index (χ2n) is 7.15. The number of rotatable bonds is 16. The van der Waals surface area contributed by atoms with Gasteiger partial charge in [-0.05, 0) is 43.7 Å². The lowest BCUT2D eigenvalue weighted by molar-refractivity contribution is 0.0564. The molecule has 0 N–H and O–H groups in total. The van der Waals surface area contributed by atoms with Crippen LogP contribution in [-0.4, -0.2) is 28.6 Å². The fourth-order valence-electron chi connectivity index (χ4n) is 2.75. The Morgan fingerprint density at radius 1 is 0.889 bits per heavy atom. The van der Waals surface area contributed by atoms with Crippen LogP contribution in [0.1, 0.15) is 82.2 Å². The predicted octanol–water partition coefficient (Wildman–Crippen LogP) is 7.07. The third-order valence-corrected chi connectivity index (χ3v) is 7.91. The summed E-state index contributed by atoms with van der Waals surface area (Å²) in [6, 6.07) is 9.63. The zero-order valence-corrected chi connectivity index (χ0v) is 20.4. The van der Waals surface area contributed by atoms with E-state index in [0.717, 1.165) is 70.8 Å². The van der Waals surface area contributed by atoms with Gasteiger partial charge in [-0.25, -0.2) is 0 Å². The minimum Gasteiger partial charge on any atom is -0.373 e. The van der Waals surface area contributed by atoms with Crippen LogP contribution in [0.15, 0.2) is 24.3 Å². The summed E-state index contributed by atoms with van der Waals surface area (Å²) in [6.45, 7) is 10.9. The first-order chi connectivity index (χ1) is 13.1. The summed E-state index contributed by atoms with van der Waals surface area (Å²) in [5, 5.41) is 0. The predicted molar refractivity (Wildman–Crippen MR) is 121 cm³/mol. The molecule has 0 aliphatic rings. The average molecular weight is 460 g/mol. The number of halogens is 1. The molecule has 0 aliphatic heterocycles. The van der Waals surface area contributed by atoms with Crippen molar-refractivity contribution < 1.29 is 13.3 Å². The first-order valence-corrected chi connectivity index (χ1v) is 13.6. The van der Waals surface area contributed by atoms with Crippen LogP contribution in [0.4, 0.5) is 0 Å². The van der Waals surface area contributed by atoms with E-state index in [1.165, 1.54) is 11.1 Å². The van der Waals surface area contributed by atoms with Crippen LogP contribution in [0, 0.1) is 0 Å². The van der Waals surface area contributed by atoms with E-state index < -0.39 is 8.80 Å². The van der Waals surface area contributed by atoms with Gasteiger partial charge in [0.1, 0.15) is 0 Å². The molecule has 0 fully saturated rings. The lowest BCUT2D eigenvalue weighted by Crippen LogP contribution is -2.47. The van der Waals surface area contributed by atoms with E-state index in [9.17, 15) is 0 Å². The van der Waals surface area contributed by atoms with Crippen molar-refractivity contribution in [2.45, 2.75) is 83.5 Å². The van der Waals surface area contributed by atoms with E-state index in [-0.39, 0.29) is 0 Å². The summed E-state index contributed by atoms with van der Waals surface area (Å²) >= 11 is 3.67. The molecular formula is C22H39BrO3Si. The number of hydrogen-bond donors (Lipinski definition) is 0. The number of alkyl halides is 1. The van der Waals surface area contributed by atoms with Gasteiger partial charge in [0, 0.05) is 30.7 Å². The molecule has 0 bridgehead atoms. The molecule has 0 aromatic heterocycles. The van der Waals surface area contributed by atoms with Gasteiger partial charge >= 0.3 is 8.80 Å². The van der Waals surface area contributed by atoms with Gasteiger partial charge in [0.05, 0.1) is 0 Å². The van der Waals surface area contributed by atoms with Crippen LogP contribution >= 0.6 is 15.9 Å². The van der Waals surface area contributed by atoms with Crippen molar-refractivity contribution in [3.8, 4) is 0 Å². The maximum atomic E-state index is 6.35. The highest BCUT2D eigenvalue weighted by Gasteiger charge is 2.40. The summed E-state index contributed by atoms with van der Waals surface area (Å²) in [5.74, 6) is 0. The van der Waals surface area contributed by atoms with Crippen molar-refractivity contribution >= 4 is 24.7 Å². The topological polar surface area (TPSA) is 27.7 Å². The van der Waals surface area contributed by atoms with Crippen molar-refractivity contribution in [2.75, 3.05) is 19.8 Å². The van der Waals surface area contributed by atoms with Crippen molar-refractivity contribution in [1.82, 2.24) is 0 Å². The molecule has 156 valence electrons. The van der Waals surface area contributed by atoms with E-state index in [1.54, 1.807) is 0 Å². The monoisotopic (exact) mass is 458 g/mol. The molecule has 0 spiro atoms. The van der Waals surface area contributed by atoms with Crippen LogP contribution in [-0.2, 0) is 19.7 Å². The van der Waals surface area contributed by atoms with Crippen LogP contribution in [0.25, 0.3) is 0 Å². The molecule has 0 aliphatic carbocycles. The van der Waals surface area contributed by atoms with E-state index >= 15 is 0 Å². The van der Waals surface area contributed by atoms with Crippen LogP contribution in [0.3, 0.4) is 0 Å². The SMILES string of the molecule is CCCCO[Si](CCc1cccc(C(C)Br)c1)(OCCCC)OCCCC. The molecule has 1 atom stereocenters. The van der Waals surface area contributed by atoms with Gasteiger partial charge in [-0.1, -0.05) is 80.2 Å². The Bertz CT molecular complexity index is 470. The van der Waals surface area contributed by atoms with Crippen molar-refractivity contribution in [2.24, 2.45) is 0 Å². The molecule has 5 heteroatoms. The molecule has 1 aromatic rings. The highest BCUT2D eigenvalue weighted by atomic mass is 79.9. The standard InChI is InChI=1S/C22H39BrO3Si/c1-5-8-15-24-27(25-16-9-6-2,26-17-10-7-3)18-14-21-12-11-13-22(19-21)20(4)23/h11-13,19-20H,5-10,14-18H2,1-4H3. The Morgan fingerprint density at radius 3 is 1.85 bits per heavy atom. The van der Waals surface area contributed by atoms with Crippen molar-refractivity contribution in [1.29, 1.82) is 0 Å². The van der Waals surface area contributed by atoms with Crippen molar-refractivity contribution in [3.05, 3.63) is 35.4 Å². The molecule has 0 radical (unpaired) electrons. The van der Waals surface area contributed by atoms with Gasteiger partial charge in [0.15, 0.2) is 0 Å². The van der Waals surface area contributed by atoms with Crippen LogP contribution in [0.5, 0.6) is 0 Å². The summed E-state index contributed by atoms with van der Waals surface area (Å²) < 4.78 is 19.0. The third kappa shape index (κ3) is 10.2. The second kappa shape index (κ2) is 14.7. The zero-order valence-electron chi connectivity index (χ0n) is 17.8. The highest BCUT2D eigenvalue weighted by molar-refractivity contribution is 9.09. The number of hydrogen-bond acceptors (Lipinski definition) is 3. The Labute approximate surface area is 176 Å². The van der Waals surface area contributed by atoms with Gasteiger partial charge in [0.25, 0.3) is 0 Å². The molecule has 0 heterocycles. The second-order valence-corrected chi connectivity index (χ2v) is 11.3. The zero-order chi connectivity index (χ0) is 20.0. The van der Waals surface area contributed by atoms with Crippen molar-refractivity contribution in [3.63, 3.8) is 0 Å². The summed E-state index contributed by atoms with van der Waals surface area (Å²) in [6.07, 6.45) is 7.47. The normalized spacial score (nSPS) is 13.1. The summed E-state index contributed by atoms with van der Waals surface area (Å²) in [7, 11) is -2.65. The average Bonchev–Trinajstić information content (AvgIpc) is 2.67. The minimum absolute atomic E-state index is 0.363. The first kappa shape index (κ1) is 24.8. The lowest BCUT2D eigenvalue weighted by atomic mass is 10.1. The smallest absolute Gasteiger partial charge is 0.373 e. The fraction of sp³-hybridized carbons (Fsp3) is 0.727. The maximum absolute atomic E-state index is 6.35. The highest BCUT2D eigenvalue weighted by Crippen LogP contribution is 2.25. The molecule has 0 saturated carbocycles. The Balaban J connectivity index is 2.84. The molecular weight excluding hydrogens is 420 g/mol. The van der Waals surface area contributed by atoms with Crippen LogP contribution < -0.4 is 0 Å². The summed E-state index contributed by atoms with van der Waals surface area (Å²) in [5.41, 5.74) is 2.64. The lowest BCUT2D eigenvalue weighted by Gasteiger charge is -2.30. The van der Waals surface area contributed by atoms with Gasteiger partial charge < -0.3 is 13.3 Å². The minimum atomic E-state index is -2.65. The van der Waals surface area contributed by atoms with E-state index in [0.29, 0.717) is 4.83 Å². The van der Waals surface area contributed by atoms with E-state index in [4.69, 9.17) is 13.3 Å². The van der Waals surface area contributed by atoms with Gasteiger partial charge in [0.2, 0.25) is 0 Å². The number of unbranched alkanes of at least 4 members (excludes halogenated alkanes) is 3. The fourth-order valence-corrected chi connectivity index (χ4v) is 5.68. The van der Waals surface area contributed by atoms with Gasteiger partial charge in [-0.2, -0.15) is 0 Å². The molecule has 1 aromatic carbocycles. The number of benzene rings is 1. The maximum Gasteiger partial charge on any atom is 0.501 e. The molecule has 27 heavy (non-hydrogen) atoms. The van der Waals surface area contributed by atoms with Gasteiger partial charge in [-0.15, -0.1) is 0 Å². The Kier molecular flexibility index (Phi) is 13.6. The Hall–Kier alpha value is -0.203. The van der Waals surface area contributed by atoms with Crippen LogP contribution in [0.2, 0.25) is 6.04 Å². The largest absolute Gasteiger partial charge is 0.501 e.